The third-order valence-corrected chi connectivity index (χ3v) is 3.29. The van der Waals surface area contributed by atoms with Gasteiger partial charge in [-0.1, -0.05) is 6.07 Å². The lowest BCUT2D eigenvalue weighted by atomic mass is 10.2. The second-order valence-corrected chi connectivity index (χ2v) is 4.91. The van der Waals surface area contributed by atoms with E-state index in [9.17, 15) is 4.79 Å². The summed E-state index contributed by atoms with van der Waals surface area (Å²) in [4.78, 5) is 12.9. The molecule has 0 aliphatic rings. The van der Waals surface area contributed by atoms with Gasteiger partial charge >= 0.3 is 0 Å². The topological polar surface area (TPSA) is 66.0 Å². The van der Waals surface area contributed by atoms with Crippen molar-refractivity contribution in [2.24, 2.45) is 0 Å². The van der Waals surface area contributed by atoms with E-state index in [2.05, 4.69) is 5.32 Å². The van der Waals surface area contributed by atoms with Crippen LogP contribution in [0.1, 0.15) is 16.4 Å². The number of hydrogen-bond acceptors (Lipinski definition) is 4. The molecule has 0 radical (unpaired) electrons. The largest absolute Gasteiger partial charge is 0.462 e. The first kappa shape index (κ1) is 13.1. The lowest BCUT2D eigenvalue weighted by Crippen LogP contribution is -2.23. The molecule has 0 unspecified atom stereocenters. The number of aryl methyl sites for hydroxylation is 1. The Bertz CT molecular complexity index is 633. The Kier molecular flexibility index (Phi) is 4.16. The highest BCUT2D eigenvalue weighted by Gasteiger charge is 2.10. The first-order valence-corrected chi connectivity index (χ1v) is 6.56. The summed E-state index contributed by atoms with van der Waals surface area (Å²) < 4.78 is 5.31. The standard InChI is InChI=1S/C14H12N2O2S/c1-10-4-5-12(18-10)7-11(8-15)14(17)16-9-13-3-2-6-19-13/h2-7H,9H2,1H3,(H,16,17)/b11-7-. The minimum atomic E-state index is -0.398. The van der Waals surface area contributed by atoms with Crippen LogP contribution >= 0.6 is 11.3 Å². The van der Waals surface area contributed by atoms with Gasteiger partial charge < -0.3 is 9.73 Å². The maximum absolute atomic E-state index is 11.8. The number of nitriles is 1. The number of amides is 1. The predicted molar refractivity (Wildman–Crippen MR) is 73.2 cm³/mol. The van der Waals surface area contributed by atoms with Crippen molar-refractivity contribution in [3.8, 4) is 6.07 Å². The van der Waals surface area contributed by atoms with Crippen LogP contribution in [0.25, 0.3) is 6.08 Å². The van der Waals surface area contributed by atoms with E-state index < -0.39 is 5.91 Å². The minimum Gasteiger partial charge on any atom is -0.462 e. The zero-order chi connectivity index (χ0) is 13.7. The van der Waals surface area contributed by atoms with Gasteiger partial charge in [-0.05, 0) is 30.5 Å². The van der Waals surface area contributed by atoms with Crippen molar-refractivity contribution < 1.29 is 9.21 Å². The lowest BCUT2D eigenvalue weighted by molar-refractivity contribution is -0.117. The molecule has 0 saturated heterocycles. The van der Waals surface area contributed by atoms with Gasteiger partial charge in [-0.2, -0.15) is 5.26 Å². The van der Waals surface area contributed by atoms with Gasteiger partial charge in [0.2, 0.25) is 0 Å². The lowest BCUT2D eigenvalue weighted by Gasteiger charge is -2.01. The molecule has 0 aliphatic carbocycles. The van der Waals surface area contributed by atoms with E-state index in [4.69, 9.17) is 9.68 Å². The predicted octanol–water partition coefficient (Wildman–Crippen LogP) is 2.87. The third-order valence-electron chi connectivity index (χ3n) is 2.42. The van der Waals surface area contributed by atoms with Crippen LogP contribution < -0.4 is 5.32 Å². The zero-order valence-electron chi connectivity index (χ0n) is 10.3. The van der Waals surface area contributed by atoms with Gasteiger partial charge in [0.25, 0.3) is 5.91 Å². The molecule has 2 heterocycles. The summed E-state index contributed by atoms with van der Waals surface area (Å²) in [5.41, 5.74) is 0.0332. The van der Waals surface area contributed by atoms with Crippen LogP contribution in [0.2, 0.25) is 0 Å². The fraction of sp³-hybridized carbons (Fsp3) is 0.143. The summed E-state index contributed by atoms with van der Waals surface area (Å²) in [5, 5.41) is 13.6. The molecule has 0 spiro atoms. The summed E-state index contributed by atoms with van der Waals surface area (Å²) in [6.45, 7) is 2.23. The summed E-state index contributed by atoms with van der Waals surface area (Å²) in [6, 6.07) is 9.23. The first-order valence-electron chi connectivity index (χ1n) is 5.68. The molecule has 2 aromatic heterocycles. The molecule has 4 nitrogen and oxygen atoms in total. The highest BCUT2D eigenvalue weighted by atomic mass is 32.1. The summed E-state index contributed by atoms with van der Waals surface area (Å²) in [7, 11) is 0. The Labute approximate surface area is 115 Å². The van der Waals surface area contributed by atoms with E-state index >= 15 is 0 Å². The van der Waals surface area contributed by atoms with Gasteiger partial charge in [0.15, 0.2) is 0 Å². The number of furan rings is 1. The fourth-order valence-electron chi connectivity index (χ4n) is 1.50. The van der Waals surface area contributed by atoms with Crippen molar-refractivity contribution >= 4 is 23.3 Å². The van der Waals surface area contributed by atoms with Crippen LogP contribution in [0.5, 0.6) is 0 Å². The number of rotatable bonds is 4. The smallest absolute Gasteiger partial charge is 0.262 e. The van der Waals surface area contributed by atoms with E-state index in [0.717, 1.165) is 10.6 Å². The molecule has 1 amide bonds. The molecule has 0 aliphatic heterocycles. The van der Waals surface area contributed by atoms with E-state index in [1.54, 1.807) is 30.4 Å². The summed E-state index contributed by atoms with van der Waals surface area (Å²) in [6.07, 6.45) is 1.44. The van der Waals surface area contributed by atoms with Gasteiger partial charge in [-0.25, -0.2) is 0 Å². The first-order chi connectivity index (χ1) is 9.19. The minimum absolute atomic E-state index is 0.0332. The number of carbonyl (C=O) groups excluding carboxylic acids is 1. The maximum Gasteiger partial charge on any atom is 0.262 e. The number of nitrogens with zero attached hydrogens (tertiary/aromatic N) is 1. The molecule has 0 fully saturated rings. The number of hydrogen-bond donors (Lipinski definition) is 1. The van der Waals surface area contributed by atoms with Crippen molar-refractivity contribution in [2.45, 2.75) is 13.5 Å². The Morgan fingerprint density at radius 2 is 2.37 bits per heavy atom. The molecular formula is C14H12N2O2S. The highest BCUT2D eigenvalue weighted by Crippen LogP contribution is 2.12. The van der Waals surface area contributed by atoms with Crippen molar-refractivity contribution in [1.29, 1.82) is 5.26 Å². The average molecular weight is 272 g/mol. The SMILES string of the molecule is Cc1ccc(/C=C(/C#N)C(=O)NCc2cccs2)o1. The van der Waals surface area contributed by atoms with Crippen LogP contribution in [-0.4, -0.2) is 5.91 Å². The maximum atomic E-state index is 11.8. The molecular weight excluding hydrogens is 260 g/mol. The molecule has 5 heteroatoms. The van der Waals surface area contributed by atoms with E-state index in [0.29, 0.717) is 12.3 Å². The Morgan fingerprint density at radius 3 is 2.95 bits per heavy atom. The number of thiophene rings is 1. The fourth-order valence-corrected chi connectivity index (χ4v) is 2.14. The molecule has 0 bridgehead atoms. The molecule has 2 rings (SSSR count). The molecule has 19 heavy (non-hydrogen) atoms. The molecule has 0 atom stereocenters. The van der Waals surface area contributed by atoms with Gasteiger partial charge in [-0.15, -0.1) is 11.3 Å². The van der Waals surface area contributed by atoms with Crippen molar-refractivity contribution in [1.82, 2.24) is 5.32 Å². The van der Waals surface area contributed by atoms with Gasteiger partial charge in [0.1, 0.15) is 23.2 Å². The second kappa shape index (κ2) is 6.03. The summed E-state index contributed by atoms with van der Waals surface area (Å²) >= 11 is 1.56. The van der Waals surface area contributed by atoms with Crippen LogP contribution in [-0.2, 0) is 11.3 Å². The Hall–Kier alpha value is -2.32. The number of carbonyl (C=O) groups is 1. The highest BCUT2D eigenvalue weighted by molar-refractivity contribution is 7.09. The van der Waals surface area contributed by atoms with Gasteiger partial charge in [-0.3, -0.25) is 4.79 Å². The molecule has 2 aromatic rings. The molecule has 0 saturated carbocycles. The monoisotopic (exact) mass is 272 g/mol. The number of nitrogens with one attached hydrogen (secondary N) is 1. The molecule has 96 valence electrons. The summed E-state index contributed by atoms with van der Waals surface area (Å²) in [5.74, 6) is 0.841. The van der Waals surface area contributed by atoms with Gasteiger partial charge in [0, 0.05) is 11.0 Å². The second-order valence-electron chi connectivity index (χ2n) is 3.88. The Balaban J connectivity index is 2.03. The average Bonchev–Trinajstić information content (AvgIpc) is 3.04. The van der Waals surface area contributed by atoms with Crippen LogP contribution in [0.3, 0.4) is 0 Å². The normalized spacial score (nSPS) is 11.1. The third kappa shape index (κ3) is 3.57. The molecule has 0 aromatic carbocycles. The van der Waals surface area contributed by atoms with E-state index in [1.807, 2.05) is 23.6 Å². The zero-order valence-corrected chi connectivity index (χ0v) is 11.2. The van der Waals surface area contributed by atoms with Crippen molar-refractivity contribution in [3.63, 3.8) is 0 Å². The van der Waals surface area contributed by atoms with Crippen LogP contribution in [0.15, 0.2) is 39.6 Å². The van der Waals surface area contributed by atoms with Crippen molar-refractivity contribution in [2.75, 3.05) is 0 Å². The van der Waals surface area contributed by atoms with Gasteiger partial charge in [0.05, 0.1) is 6.54 Å². The Morgan fingerprint density at radius 1 is 1.53 bits per heavy atom. The van der Waals surface area contributed by atoms with E-state index in [1.165, 1.54) is 6.08 Å². The van der Waals surface area contributed by atoms with Crippen LogP contribution in [0.4, 0.5) is 0 Å². The van der Waals surface area contributed by atoms with Crippen LogP contribution in [0, 0.1) is 18.3 Å². The van der Waals surface area contributed by atoms with Crippen molar-refractivity contribution in [3.05, 3.63) is 51.6 Å². The molecule has 1 N–H and O–H groups in total. The van der Waals surface area contributed by atoms with E-state index in [-0.39, 0.29) is 5.57 Å². The quantitative estimate of drug-likeness (QED) is 0.687.